The normalized spacial score (nSPS) is 12.7. The number of ether oxygens (including phenoxy) is 2. The predicted octanol–water partition coefficient (Wildman–Crippen LogP) is 2.02. The molecule has 1 aliphatic heterocycles. The highest BCUT2D eigenvalue weighted by atomic mass is 16.7. The van der Waals surface area contributed by atoms with Crippen LogP contribution in [0.4, 0.5) is 6.01 Å². The summed E-state index contributed by atoms with van der Waals surface area (Å²) in [5.41, 5.74) is 1.17. The third-order valence-corrected chi connectivity index (χ3v) is 2.90. The van der Waals surface area contributed by atoms with Crippen LogP contribution in [0.25, 0.3) is 0 Å². The molecule has 100 valence electrons. The number of benzene rings is 1. The third-order valence-electron chi connectivity index (χ3n) is 2.90. The second-order valence-electron chi connectivity index (χ2n) is 4.22. The van der Waals surface area contributed by atoms with Crippen LogP contribution in [0.2, 0.25) is 0 Å². The van der Waals surface area contributed by atoms with E-state index in [1.807, 2.05) is 25.1 Å². The maximum atomic E-state index is 5.37. The number of hydrogen-bond donors (Lipinski definition) is 1. The van der Waals surface area contributed by atoms with E-state index >= 15 is 0 Å². The van der Waals surface area contributed by atoms with Gasteiger partial charge in [0.15, 0.2) is 11.5 Å². The van der Waals surface area contributed by atoms with E-state index in [0.717, 1.165) is 30.9 Å². The minimum absolute atomic E-state index is 0.304. The largest absolute Gasteiger partial charge is 0.454 e. The maximum absolute atomic E-state index is 5.37. The van der Waals surface area contributed by atoms with Crippen LogP contribution in [-0.4, -0.2) is 23.5 Å². The van der Waals surface area contributed by atoms with Crippen LogP contribution in [0.3, 0.4) is 0 Å². The van der Waals surface area contributed by atoms with Crippen molar-refractivity contribution in [2.24, 2.45) is 0 Å². The molecule has 1 aromatic carbocycles. The molecule has 0 saturated carbocycles. The van der Waals surface area contributed by atoms with Gasteiger partial charge in [0, 0.05) is 13.0 Å². The molecule has 0 amide bonds. The van der Waals surface area contributed by atoms with Crippen LogP contribution < -0.4 is 14.8 Å². The van der Waals surface area contributed by atoms with Gasteiger partial charge in [-0.1, -0.05) is 18.1 Å². The van der Waals surface area contributed by atoms with Crippen molar-refractivity contribution in [3.05, 3.63) is 29.7 Å². The quantitative estimate of drug-likeness (QED) is 0.888. The van der Waals surface area contributed by atoms with Gasteiger partial charge in [-0.3, -0.25) is 0 Å². The summed E-state index contributed by atoms with van der Waals surface area (Å²) < 4.78 is 16.0. The van der Waals surface area contributed by atoms with Gasteiger partial charge in [-0.15, -0.1) is 5.10 Å². The summed E-state index contributed by atoms with van der Waals surface area (Å²) in [6, 6.07) is 6.42. The Hall–Kier alpha value is -2.24. The first kappa shape index (κ1) is 11.8. The molecule has 0 radical (unpaired) electrons. The van der Waals surface area contributed by atoms with Crippen LogP contribution in [0.15, 0.2) is 22.6 Å². The zero-order chi connectivity index (χ0) is 13.1. The van der Waals surface area contributed by atoms with E-state index in [4.69, 9.17) is 13.9 Å². The van der Waals surface area contributed by atoms with E-state index in [-0.39, 0.29) is 0 Å². The van der Waals surface area contributed by atoms with E-state index in [2.05, 4.69) is 15.5 Å². The van der Waals surface area contributed by atoms with Gasteiger partial charge in [-0.25, -0.2) is 0 Å². The maximum Gasteiger partial charge on any atom is 0.315 e. The molecule has 3 rings (SSSR count). The van der Waals surface area contributed by atoms with Gasteiger partial charge in [0.2, 0.25) is 12.7 Å². The summed E-state index contributed by atoms with van der Waals surface area (Å²) in [5, 5.41) is 10.9. The lowest BCUT2D eigenvalue weighted by Gasteiger charge is -2.03. The van der Waals surface area contributed by atoms with Crippen LogP contribution in [0.1, 0.15) is 18.4 Å². The molecule has 6 heteroatoms. The fourth-order valence-electron chi connectivity index (χ4n) is 1.88. The van der Waals surface area contributed by atoms with Crippen molar-refractivity contribution in [2.45, 2.75) is 19.8 Å². The van der Waals surface area contributed by atoms with Crippen LogP contribution in [0, 0.1) is 0 Å². The van der Waals surface area contributed by atoms with Crippen molar-refractivity contribution in [1.29, 1.82) is 0 Å². The van der Waals surface area contributed by atoms with Gasteiger partial charge in [0.05, 0.1) is 0 Å². The van der Waals surface area contributed by atoms with E-state index in [1.165, 1.54) is 5.56 Å². The summed E-state index contributed by atoms with van der Waals surface area (Å²) in [5.74, 6) is 2.26. The number of fused-ring (bicyclic) bond motifs is 1. The van der Waals surface area contributed by atoms with Crippen LogP contribution in [-0.2, 0) is 12.8 Å². The van der Waals surface area contributed by atoms with Crippen molar-refractivity contribution in [1.82, 2.24) is 10.2 Å². The molecular formula is C13H15N3O3. The lowest BCUT2D eigenvalue weighted by molar-refractivity contribution is 0.174. The topological polar surface area (TPSA) is 69.4 Å². The molecule has 19 heavy (non-hydrogen) atoms. The molecule has 1 aromatic heterocycles. The smallest absolute Gasteiger partial charge is 0.315 e. The second-order valence-corrected chi connectivity index (χ2v) is 4.22. The number of hydrogen-bond acceptors (Lipinski definition) is 6. The second kappa shape index (κ2) is 5.17. The fourth-order valence-corrected chi connectivity index (χ4v) is 1.88. The minimum atomic E-state index is 0.304. The van der Waals surface area contributed by atoms with Crippen molar-refractivity contribution in [3.8, 4) is 11.5 Å². The zero-order valence-electron chi connectivity index (χ0n) is 10.7. The summed E-state index contributed by atoms with van der Waals surface area (Å²) in [6.45, 7) is 3.01. The number of anilines is 1. The SMILES string of the molecule is CCc1nnc(NCCc2ccc3c(c2)OCO3)o1. The highest BCUT2D eigenvalue weighted by Crippen LogP contribution is 2.32. The summed E-state index contributed by atoms with van der Waals surface area (Å²) in [7, 11) is 0. The Balaban J connectivity index is 1.54. The van der Waals surface area contributed by atoms with E-state index < -0.39 is 0 Å². The predicted molar refractivity (Wildman–Crippen MR) is 68.4 cm³/mol. The summed E-state index contributed by atoms with van der Waals surface area (Å²) in [4.78, 5) is 0. The summed E-state index contributed by atoms with van der Waals surface area (Å²) in [6.07, 6.45) is 1.59. The van der Waals surface area contributed by atoms with Gasteiger partial charge in [-0.2, -0.15) is 0 Å². The van der Waals surface area contributed by atoms with E-state index in [0.29, 0.717) is 18.7 Å². The molecule has 1 aliphatic rings. The molecule has 2 aromatic rings. The Labute approximate surface area is 110 Å². The molecule has 1 N–H and O–H groups in total. The monoisotopic (exact) mass is 261 g/mol. The standard InChI is InChI=1S/C13H15N3O3/c1-2-12-15-16-13(19-12)14-6-5-9-3-4-10-11(7-9)18-8-17-10/h3-4,7H,2,5-6,8H2,1H3,(H,14,16). The van der Waals surface area contributed by atoms with Crippen LogP contribution in [0.5, 0.6) is 11.5 Å². The molecule has 0 spiro atoms. The first-order chi connectivity index (χ1) is 9.35. The van der Waals surface area contributed by atoms with E-state index in [1.54, 1.807) is 0 Å². The number of nitrogens with zero attached hydrogens (tertiary/aromatic N) is 2. The Morgan fingerprint density at radius 1 is 1.21 bits per heavy atom. The lowest BCUT2D eigenvalue weighted by Crippen LogP contribution is -2.05. The molecule has 6 nitrogen and oxygen atoms in total. The lowest BCUT2D eigenvalue weighted by atomic mass is 10.1. The number of nitrogens with one attached hydrogen (secondary N) is 1. The number of rotatable bonds is 5. The van der Waals surface area contributed by atoms with Crippen molar-refractivity contribution >= 4 is 6.01 Å². The molecule has 0 bridgehead atoms. The van der Waals surface area contributed by atoms with E-state index in [9.17, 15) is 0 Å². The zero-order valence-corrected chi connectivity index (χ0v) is 10.7. The average molecular weight is 261 g/mol. The van der Waals surface area contributed by atoms with Crippen molar-refractivity contribution in [3.63, 3.8) is 0 Å². The van der Waals surface area contributed by atoms with Gasteiger partial charge in [0.1, 0.15) is 0 Å². The Morgan fingerprint density at radius 2 is 2.11 bits per heavy atom. The molecule has 0 fully saturated rings. The highest BCUT2D eigenvalue weighted by Gasteiger charge is 2.13. The molecule has 0 unspecified atom stereocenters. The summed E-state index contributed by atoms with van der Waals surface area (Å²) >= 11 is 0. The third kappa shape index (κ3) is 2.62. The molecule has 0 aliphatic carbocycles. The molecule has 0 atom stereocenters. The molecular weight excluding hydrogens is 246 g/mol. The highest BCUT2D eigenvalue weighted by molar-refractivity contribution is 5.44. The van der Waals surface area contributed by atoms with Gasteiger partial charge in [-0.05, 0) is 24.1 Å². The fraction of sp³-hybridized carbons (Fsp3) is 0.385. The van der Waals surface area contributed by atoms with Crippen molar-refractivity contribution < 1.29 is 13.9 Å². The Kier molecular flexibility index (Phi) is 3.22. The minimum Gasteiger partial charge on any atom is -0.454 e. The van der Waals surface area contributed by atoms with Gasteiger partial charge >= 0.3 is 6.01 Å². The molecule has 2 heterocycles. The number of aryl methyl sites for hydroxylation is 1. The van der Waals surface area contributed by atoms with Gasteiger partial charge < -0.3 is 19.2 Å². The first-order valence-corrected chi connectivity index (χ1v) is 6.30. The number of aromatic nitrogens is 2. The first-order valence-electron chi connectivity index (χ1n) is 6.30. The Bertz CT molecular complexity index is 568. The van der Waals surface area contributed by atoms with Crippen molar-refractivity contribution in [2.75, 3.05) is 18.7 Å². The van der Waals surface area contributed by atoms with Gasteiger partial charge in [0.25, 0.3) is 0 Å². The average Bonchev–Trinajstić information content (AvgIpc) is 3.06. The van der Waals surface area contributed by atoms with Crippen LogP contribution >= 0.6 is 0 Å². The Morgan fingerprint density at radius 3 is 2.95 bits per heavy atom. The molecule has 0 saturated heterocycles.